The van der Waals surface area contributed by atoms with E-state index in [0.717, 1.165) is 0 Å². The van der Waals surface area contributed by atoms with E-state index < -0.39 is 7.26 Å². The summed E-state index contributed by atoms with van der Waals surface area (Å²) in [5.41, 5.74) is 6.69. The number of hydrogen-bond donors (Lipinski definition) is 0. The van der Waals surface area contributed by atoms with Crippen LogP contribution in [0.3, 0.4) is 0 Å². The van der Waals surface area contributed by atoms with Crippen molar-refractivity contribution >= 4 is 19.4 Å². The van der Waals surface area contributed by atoms with Gasteiger partial charge in [0.25, 0.3) is 0 Å². The Labute approximate surface area is 173 Å². The molecular formula is C27H38P+. The van der Waals surface area contributed by atoms with Gasteiger partial charge in [0.05, 0.1) is 18.5 Å². The minimum atomic E-state index is -1.15. The summed E-state index contributed by atoms with van der Waals surface area (Å²) in [6.45, 7) is 7.10. The van der Waals surface area contributed by atoms with E-state index >= 15 is 0 Å². The van der Waals surface area contributed by atoms with Crippen LogP contribution in [0, 0.1) is 0 Å². The lowest BCUT2D eigenvalue weighted by molar-refractivity contribution is 0.822. The van der Waals surface area contributed by atoms with Gasteiger partial charge in [-0.25, -0.2) is 0 Å². The largest absolute Gasteiger partial charge is 0.120 e. The molecule has 0 saturated heterocycles. The molecule has 0 spiro atoms. The van der Waals surface area contributed by atoms with Crippen LogP contribution in [0.5, 0.6) is 0 Å². The average molecular weight is 394 g/mol. The fourth-order valence-corrected chi connectivity index (χ4v) is 10.8. The van der Waals surface area contributed by atoms with Gasteiger partial charge >= 0.3 is 0 Å². The molecule has 1 aliphatic rings. The molecule has 0 nitrogen and oxygen atoms in total. The van der Waals surface area contributed by atoms with Gasteiger partial charge in [0.2, 0.25) is 0 Å². The Bertz CT molecular complexity index is 702. The first-order valence-corrected chi connectivity index (χ1v) is 13.9. The van der Waals surface area contributed by atoms with Gasteiger partial charge in [-0.05, 0) is 30.4 Å². The summed E-state index contributed by atoms with van der Waals surface area (Å²) in [6.07, 6.45) is 17.2. The Morgan fingerprint density at radius 3 is 1.39 bits per heavy atom. The van der Waals surface area contributed by atoms with Crippen molar-refractivity contribution in [3.8, 4) is 0 Å². The standard InChI is InChI=1S/C27H38P/c1-4-7-20-28(21-8-5-2,22-9-6-3)27-25-16-12-10-14-23(25)18-19-24-15-11-13-17-26(24)27/h10-19,27H,4-9,20-22H2,1-3H3/q+1. The van der Waals surface area contributed by atoms with Gasteiger partial charge in [0.1, 0.15) is 5.66 Å². The monoisotopic (exact) mass is 393 g/mol. The SMILES string of the molecule is CCCC[P+](CCCC)(CCCC)C1c2ccccc2C=Cc2ccccc21. The van der Waals surface area contributed by atoms with Crippen molar-refractivity contribution in [2.24, 2.45) is 0 Å². The predicted molar refractivity (Wildman–Crippen MR) is 130 cm³/mol. The van der Waals surface area contributed by atoms with Crippen LogP contribution < -0.4 is 0 Å². The molecule has 0 atom stereocenters. The summed E-state index contributed by atoms with van der Waals surface area (Å²) in [6, 6.07) is 18.5. The molecule has 0 aromatic heterocycles. The zero-order valence-electron chi connectivity index (χ0n) is 18.2. The molecule has 0 radical (unpaired) electrons. The molecule has 1 aliphatic carbocycles. The molecule has 2 aromatic rings. The van der Waals surface area contributed by atoms with Crippen molar-refractivity contribution in [2.45, 2.75) is 65.0 Å². The molecule has 0 saturated carbocycles. The van der Waals surface area contributed by atoms with Crippen LogP contribution >= 0.6 is 7.26 Å². The van der Waals surface area contributed by atoms with E-state index in [-0.39, 0.29) is 0 Å². The van der Waals surface area contributed by atoms with Gasteiger partial charge in [-0.2, -0.15) is 0 Å². The smallest absolute Gasteiger partial charge is 0.0652 e. The van der Waals surface area contributed by atoms with Crippen LogP contribution in [0.1, 0.15) is 87.2 Å². The normalized spacial score (nSPS) is 13.8. The molecule has 0 bridgehead atoms. The van der Waals surface area contributed by atoms with E-state index in [1.165, 1.54) is 68.1 Å². The Morgan fingerprint density at radius 2 is 1.00 bits per heavy atom. The zero-order chi connectivity index (χ0) is 19.8. The van der Waals surface area contributed by atoms with Crippen LogP contribution in [-0.4, -0.2) is 18.5 Å². The van der Waals surface area contributed by atoms with Crippen molar-refractivity contribution in [1.82, 2.24) is 0 Å². The predicted octanol–water partition coefficient (Wildman–Crippen LogP) is 8.68. The highest BCUT2D eigenvalue weighted by Gasteiger charge is 2.47. The van der Waals surface area contributed by atoms with Crippen LogP contribution in [0.15, 0.2) is 48.5 Å². The van der Waals surface area contributed by atoms with Gasteiger partial charge in [-0.1, -0.05) is 101 Å². The van der Waals surface area contributed by atoms with Gasteiger partial charge in [-0.15, -0.1) is 0 Å². The maximum Gasteiger partial charge on any atom is 0.120 e. The molecule has 0 heterocycles. The van der Waals surface area contributed by atoms with Crippen molar-refractivity contribution < 1.29 is 0 Å². The van der Waals surface area contributed by atoms with E-state index in [9.17, 15) is 0 Å². The van der Waals surface area contributed by atoms with Gasteiger partial charge in [-0.3, -0.25) is 0 Å². The van der Waals surface area contributed by atoms with Crippen LogP contribution in [-0.2, 0) is 0 Å². The van der Waals surface area contributed by atoms with Crippen LogP contribution in [0.2, 0.25) is 0 Å². The Morgan fingerprint density at radius 1 is 0.607 bits per heavy atom. The number of hydrogen-bond acceptors (Lipinski definition) is 0. The summed E-state index contributed by atoms with van der Waals surface area (Å²) in [5.74, 6) is 0. The second-order valence-electron chi connectivity index (χ2n) is 8.44. The summed E-state index contributed by atoms with van der Waals surface area (Å²) in [7, 11) is -1.15. The van der Waals surface area contributed by atoms with Crippen LogP contribution in [0.4, 0.5) is 0 Å². The van der Waals surface area contributed by atoms with E-state index in [0.29, 0.717) is 5.66 Å². The average Bonchev–Trinajstić information content (AvgIpc) is 2.91. The van der Waals surface area contributed by atoms with Crippen LogP contribution in [0.25, 0.3) is 12.2 Å². The number of fused-ring (bicyclic) bond motifs is 2. The van der Waals surface area contributed by atoms with Crippen molar-refractivity contribution in [1.29, 1.82) is 0 Å². The second kappa shape index (κ2) is 10.4. The minimum absolute atomic E-state index is 0.611. The Kier molecular flexibility index (Phi) is 7.92. The Balaban J connectivity index is 2.19. The molecule has 150 valence electrons. The third-order valence-corrected chi connectivity index (χ3v) is 11.7. The zero-order valence-corrected chi connectivity index (χ0v) is 19.1. The third kappa shape index (κ3) is 4.60. The summed E-state index contributed by atoms with van der Waals surface area (Å²) in [5, 5.41) is 0. The first-order valence-electron chi connectivity index (χ1n) is 11.5. The maximum absolute atomic E-state index is 2.44. The van der Waals surface area contributed by atoms with Crippen molar-refractivity contribution in [2.75, 3.05) is 18.5 Å². The topological polar surface area (TPSA) is 0 Å². The molecule has 2 aromatic carbocycles. The molecule has 1 heteroatoms. The lowest BCUT2D eigenvalue weighted by Crippen LogP contribution is -2.19. The van der Waals surface area contributed by atoms with Gasteiger partial charge < -0.3 is 0 Å². The maximum atomic E-state index is 2.44. The fraction of sp³-hybridized carbons (Fsp3) is 0.481. The molecule has 0 amide bonds. The van der Waals surface area contributed by atoms with E-state index in [1.54, 1.807) is 11.1 Å². The second-order valence-corrected chi connectivity index (χ2v) is 12.7. The molecule has 0 fully saturated rings. The number of unbranched alkanes of at least 4 members (excludes halogenated alkanes) is 3. The third-order valence-electron chi connectivity index (χ3n) is 6.44. The quantitative estimate of drug-likeness (QED) is 0.354. The fourth-order valence-electron chi connectivity index (χ4n) is 4.90. The Hall–Kier alpha value is -1.39. The highest BCUT2D eigenvalue weighted by atomic mass is 31.2. The van der Waals surface area contributed by atoms with Crippen molar-refractivity contribution in [3.63, 3.8) is 0 Å². The number of benzene rings is 2. The highest BCUT2D eigenvalue weighted by molar-refractivity contribution is 7.76. The van der Waals surface area contributed by atoms with E-state index in [2.05, 4.69) is 81.5 Å². The molecule has 28 heavy (non-hydrogen) atoms. The molecule has 3 rings (SSSR count). The summed E-state index contributed by atoms with van der Waals surface area (Å²) in [4.78, 5) is 0. The van der Waals surface area contributed by atoms with Crippen molar-refractivity contribution in [3.05, 3.63) is 70.8 Å². The van der Waals surface area contributed by atoms with Gasteiger partial charge in [0.15, 0.2) is 0 Å². The minimum Gasteiger partial charge on any atom is -0.0652 e. The lowest BCUT2D eigenvalue weighted by atomic mass is 9.99. The molecular weight excluding hydrogens is 355 g/mol. The lowest BCUT2D eigenvalue weighted by Gasteiger charge is -2.37. The molecule has 0 aliphatic heterocycles. The first-order chi connectivity index (χ1) is 13.8. The molecule has 0 unspecified atom stereocenters. The first kappa shape index (κ1) is 21.3. The van der Waals surface area contributed by atoms with E-state index in [1.807, 2.05) is 0 Å². The summed E-state index contributed by atoms with van der Waals surface area (Å²) >= 11 is 0. The number of rotatable bonds is 10. The van der Waals surface area contributed by atoms with Gasteiger partial charge in [0, 0.05) is 18.4 Å². The molecule has 0 N–H and O–H groups in total. The highest BCUT2D eigenvalue weighted by Crippen LogP contribution is 2.74. The summed E-state index contributed by atoms with van der Waals surface area (Å²) < 4.78 is 0. The van der Waals surface area contributed by atoms with E-state index in [4.69, 9.17) is 0 Å².